The normalized spacial score (nSPS) is 29.8. The zero-order chi connectivity index (χ0) is 21.8. The van der Waals surface area contributed by atoms with Crippen LogP contribution < -0.4 is 4.90 Å². The molecule has 1 aromatic carbocycles. The van der Waals surface area contributed by atoms with E-state index >= 15 is 0 Å². The minimum atomic E-state index is -1.45. The predicted octanol–water partition coefficient (Wildman–Crippen LogP) is 1.32. The molecule has 2 bridgehead atoms. The van der Waals surface area contributed by atoms with E-state index in [1.54, 1.807) is 12.2 Å². The Morgan fingerprint density at radius 2 is 2.03 bits per heavy atom. The number of carbonyl (C=O) groups excluding carboxylic acids is 4. The second-order valence-electron chi connectivity index (χ2n) is 7.59. The minimum absolute atomic E-state index is 0.0822. The van der Waals surface area contributed by atoms with Crippen LogP contribution in [0.2, 0.25) is 0 Å². The summed E-state index contributed by atoms with van der Waals surface area (Å²) >= 11 is 0. The standard InChI is InChI=1S/C20H18N2O8/c1-10(23)8-15(29-11(2)24)20-7-6-14(30-20)16-17(20)19(26)21(18(16)25)12-4-3-5-13(9-12)22(27)28/h3-7,9,14-17H,8H2,1-2H3/t14-,15+,16+,17-,20-/m1/s1. The molecule has 3 aliphatic heterocycles. The fraction of sp³-hybridized carbons (Fsp3) is 0.400. The molecule has 2 amide bonds. The first-order chi connectivity index (χ1) is 14.2. The number of hydrogen-bond acceptors (Lipinski definition) is 8. The van der Waals surface area contributed by atoms with Crippen molar-refractivity contribution in [2.24, 2.45) is 11.8 Å². The lowest BCUT2D eigenvalue weighted by molar-refractivity contribution is -0.384. The number of Topliss-reactive ketones (excluding diaryl/α,β-unsaturated/α-hetero) is 1. The summed E-state index contributed by atoms with van der Waals surface area (Å²) in [6.45, 7) is 2.51. The molecule has 3 heterocycles. The molecule has 10 heteroatoms. The molecule has 1 aromatic rings. The summed E-state index contributed by atoms with van der Waals surface area (Å²) in [6, 6.07) is 5.23. The summed E-state index contributed by atoms with van der Waals surface area (Å²) < 4.78 is 11.3. The van der Waals surface area contributed by atoms with Gasteiger partial charge in [-0.25, -0.2) is 4.90 Å². The van der Waals surface area contributed by atoms with Crippen LogP contribution in [0, 0.1) is 22.0 Å². The van der Waals surface area contributed by atoms with Crippen molar-refractivity contribution in [3.63, 3.8) is 0 Å². The number of benzene rings is 1. The third-order valence-corrected chi connectivity index (χ3v) is 5.66. The van der Waals surface area contributed by atoms with E-state index in [1.807, 2.05) is 0 Å². The second kappa shape index (κ2) is 6.84. The number of imide groups is 1. The number of amides is 2. The lowest BCUT2D eigenvalue weighted by Crippen LogP contribution is -2.51. The van der Waals surface area contributed by atoms with E-state index in [1.165, 1.54) is 32.0 Å². The Morgan fingerprint density at radius 1 is 1.30 bits per heavy atom. The summed E-state index contributed by atoms with van der Waals surface area (Å²) in [5, 5.41) is 11.1. The molecule has 10 nitrogen and oxygen atoms in total. The molecule has 2 saturated heterocycles. The number of nitrogens with zero attached hydrogens (tertiary/aromatic N) is 2. The third-order valence-electron chi connectivity index (χ3n) is 5.66. The third kappa shape index (κ3) is 2.83. The number of nitro benzene ring substituents is 1. The zero-order valence-corrected chi connectivity index (χ0v) is 16.1. The van der Waals surface area contributed by atoms with Gasteiger partial charge < -0.3 is 9.47 Å². The van der Waals surface area contributed by atoms with Gasteiger partial charge in [-0.2, -0.15) is 0 Å². The zero-order valence-electron chi connectivity index (χ0n) is 16.1. The first-order valence-corrected chi connectivity index (χ1v) is 9.32. The van der Waals surface area contributed by atoms with Gasteiger partial charge in [-0.15, -0.1) is 0 Å². The number of non-ortho nitro benzene ring substituents is 1. The quantitative estimate of drug-likeness (QED) is 0.224. The van der Waals surface area contributed by atoms with Crippen molar-refractivity contribution in [3.8, 4) is 0 Å². The summed E-state index contributed by atoms with van der Waals surface area (Å²) in [5.74, 6) is -3.96. The molecule has 3 aliphatic rings. The Morgan fingerprint density at radius 3 is 2.67 bits per heavy atom. The topological polar surface area (TPSA) is 133 Å². The van der Waals surface area contributed by atoms with Gasteiger partial charge >= 0.3 is 5.97 Å². The van der Waals surface area contributed by atoms with Crippen LogP contribution in [0.3, 0.4) is 0 Å². The molecular weight excluding hydrogens is 396 g/mol. The highest BCUT2D eigenvalue weighted by Gasteiger charge is 2.70. The van der Waals surface area contributed by atoms with E-state index < -0.39 is 52.4 Å². The van der Waals surface area contributed by atoms with Crippen LogP contribution in [0.4, 0.5) is 11.4 Å². The Balaban J connectivity index is 1.75. The summed E-state index contributed by atoms with van der Waals surface area (Å²) in [4.78, 5) is 61.3. The van der Waals surface area contributed by atoms with E-state index in [0.29, 0.717) is 0 Å². The van der Waals surface area contributed by atoms with Crippen LogP contribution in [-0.2, 0) is 28.7 Å². The van der Waals surface area contributed by atoms with Crippen LogP contribution in [0.15, 0.2) is 36.4 Å². The number of anilines is 1. The van der Waals surface area contributed by atoms with Crippen LogP contribution in [-0.4, -0.2) is 46.3 Å². The highest BCUT2D eigenvalue weighted by atomic mass is 16.6. The van der Waals surface area contributed by atoms with Crippen LogP contribution in [0.1, 0.15) is 20.3 Å². The van der Waals surface area contributed by atoms with Crippen LogP contribution >= 0.6 is 0 Å². The van der Waals surface area contributed by atoms with E-state index in [-0.39, 0.29) is 23.6 Å². The number of ketones is 1. The average Bonchev–Trinajstić information content (AvgIpc) is 3.32. The van der Waals surface area contributed by atoms with E-state index in [9.17, 15) is 29.3 Å². The van der Waals surface area contributed by atoms with Crippen LogP contribution in [0.25, 0.3) is 0 Å². The minimum Gasteiger partial charge on any atom is -0.459 e. The average molecular weight is 414 g/mol. The molecule has 156 valence electrons. The number of fused-ring (bicyclic) bond motifs is 5. The number of ether oxygens (including phenoxy) is 2. The summed E-state index contributed by atoms with van der Waals surface area (Å²) in [6.07, 6.45) is 1.22. The number of nitro groups is 1. The molecule has 4 rings (SSSR count). The molecule has 0 aliphatic carbocycles. The van der Waals surface area contributed by atoms with Crippen molar-refractivity contribution in [1.29, 1.82) is 0 Å². The maximum atomic E-state index is 13.3. The Kier molecular flexibility index (Phi) is 4.53. The van der Waals surface area contributed by atoms with Gasteiger partial charge in [0, 0.05) is 25.5 Å². The van der Waals surface area contributed by atoms with Gasteiger partial charge in [0.05, 0.1) is 28.6 Å². The maximum Gasteiger partial charge on any atom is 0.303 e. The van der Waals surface area contributed by atoms with Gasteiger partial charge in [0.2, 0.25) is 11.8 Å². The smallest absolute Gasteiger partial charge is 0.303 e. The van der Waals surface area contributed by atoms with Crippen molar-refractivity contribution in [2.75, 3.05) is 4.90 Å². The lowest BCUT2D eigenvalue weighted by Gasteiger charge is -2.35. The molecular formula is C20H18N2O8. The number of hydrogen-bond donors (Lipinski definition) is 0. The molecule has 2 fully saturated rings. The summed E-state index contributed by atoms with van der Waals surface area (Å²) in [7, 11) is 0. The molecule has 0 radical (unpaired) electrons. The first-order valence-electron chi connectivity index (χ1n) is 9.32. The predicted molar refractivity (Wildman–Crippen MR) is 100 cm³/mol. The SMILES string of the molecule is CC(=O)C[C@H](OC(C)=O)[C@@]12C=C[C@@H](O1)[C@@H]1C(=O)N(c3cccc([N+](=O)[O-])c3)C(=O)[C@@H]12. The maximum absolute atomic E-state index is 13.3. The molecule has 30 heavy (non-hydrogen) atoms. The van der Waals surface area contributed by atoms with Gasteiger partial charge in [0.15, 0.2) is 0 Å². The van der Waals surface area contributed by atoms with Crippen molar-refractivity contribution in [1.82, 2.24) is 0 Å². The molecule has 0 N–H and O–H groups in total. The Hall–Kier alpha value is -3.40. The fourth-order valence-electron chi connectivity index (χ4n) is 4.56. The number of rotatable bonds is 6. The van der Waals surface area contributed by atoms with Gasteiger partial charge in [-0.3, -0.25) is 29.3 Å². The highest BCUT2D eigenvalue weighted by Crippen LogP contribution is 2.55. The van der Waals surface area contributed by atoms with Crippen molar-refractivity contribution in [2.45, 2.75) is 38.1 Å². The molecule has 0 saturated carbocycles. The Bertz CT molecular complexity index is 1000. The second-order valence-corrected chi connectivity index (χ2v) is 7.59. The van der Waals surface area contributed by atoms with Crippen molar-refractivity contribution in [3.05, 3.63) is 46.5 Å². The van der Waals surface area contributed by atoms with E-state index in [2.05, 4.69) is 0 Å². The van der Waals surface area contributed by atoms with Gasteiger partial charge in [-0.05, 0) is 19.1 Å². The fourth-order valence-corrected chi connectivity index (χ4v) is 4.56. The largest absolute Gasteiger partial charge is 0.459 e. The summed E-state index contributed by atoms with van der Waals surface area (Å²) in [5.41, 5.74) is -1.63. The highest BCUT2D eigenvalue weighted by molar-refractivity contribution is 6.23. The number of esters is 1. The van der Waals surface area contributed by atoms with E-state index in [4.69, 9.17) is 9.47 Å². The van der Waals surface area contributed by atoms with Crippen molar-refractivity contribution >= 4 is 34.9 Å². The van der Waals surface area contributed by atoms with Crippen LogP contribution in [0.5, 0.6) is 0 Å². The molecule has 0 aromatic heterocycles. The van der Waals surface area contributed by atoms with Gasteiger partial charge in [-0.1, -0.05) is 12.1 Å². The molecule has 0 unspecified atom stereocenters. The first kappa shape index (κ1) is 19.9. The van der Waals surface area contributed by atoms with Gasteiger partial charge in [0.1, 0.15) is 17.5 Å². The monoisotopic (exact) mass is 414 g/mol. The van der Waals surface area contributed by atoms with Gasteiger partial charge in [0.25, 0.3) is 5.69 Å². The van der Waals surface area contributed by atoms with E-state index in [0.717, 1.165) is 11.0 Å². The lowest BCUT2D eigenvalue weighted by atomic mass is 9.73. The number of carbonyl (C=O) groups is 4. The van der Waals surface area contributed by atoms with Crippen molar-refractivity contribution < 1.29 is 33.6 Å². The molecule has 5 atom stereocenters. The Labute approximate surface area is 170 Å². The molecule has 0 spiro atoms.